The van der Waals surface area contributed by atoms with E-state index in [1.807, 2.05) is 19.1 Å². The zero-order valence-electron chi connectivity index (χ0n) is 13.6. The first-order chi connectivity index (χ1) is 11.3. The van der Waals surface area contributed by atoms with Gasteiger partial charge in [-0.15, -0.1) is 11.3 Å². The van der Waals surface area contributed by atoms with Gasteiger partial charge in [0.15, 0.2) is 0 Å². The topological polar surface area (TPSA) is 93.9 Å². The lowest BCUT2D eigenvalue weighted by Crippen LogP contribution is -2.54. The summed E-state index contributed by atoms with van der Waals surface area (Å²) in [6, 6.07) is 7.21. The standard InChI is InChI=1S/C17H20N2O4S/c1-10-3-6-13(24-10)12-5-4-11(16(21)22)15(18-12)19-8-7-17(2,23)14(20)9-19/h3-6,14,20,23H,7-9H2,1-2H3,(H,21,22)/t14-,17-/m0/s1. The van der Waals surface area contributed by atoms with Gasteiger partial charge < -0.3 is 20.2 Å². The molecule has 2 aromatic rings. The van der Waals surface area contributed by atoms with Crippen LogP contribution in [0.5, 0.6) is 0 Å². The van der Waals surface area contributed by atoms with Crippen LogP contribution >= 0.6 is 11.3 Å². The first-order valence-electron chi connectivity index (χ1n) is 7.74. The number of aliphatic hydroxyl groups excluding tert-OH is 1. The van der Waals surface area contributed by atoms with Gasteiger partial charge >= 0.3 is 5.97 Å². The van der Waals surface area contributed by atoms with E-state index in [-0.39, 0.29) is 12.1 Å². The molecule has 0 bridgehead atoms. The van der Waals surface area contributed by atoms with E-state index in [0.29, 0.717) is 24.5 Å². The molecule has 1 saturated heterocycles. The Bertz CT molecular complexity index is 772. The molecule has 2 atom stereocenters. The normalized spacial score (nSPS) is 24.2. The SMILES string of the molecule is Cc1ccc(-c2ccc(C(=O)O)c(N3CC[C@](C)(O)[C@@H](O)C3)n2)s1. The zero-order chi connectivity index (χ0) is 17.5. The Hall–Kier alpha value is -1.96. The maximum Gasteiger partial charge on any atom is 0.339 e. The molecule has 6 nitrogen and oxygen atoms in total. The largest absolute Gasteiger partial charge is 0.478 e. The summed E-state index contributed by atoms with van der Waals surface area (Å²) in [5.74, 6) is -0.723. The summed E-state index contributed by atoms with van der Waals surface area (Å²) >= 11 is 1.59. The van der Waals surface area contributed by atoms with E-state index in [0.717, 1.165) is 9.75 Å². The number of pyridine rings is 1. The van der Waals surface area contributed by atoms with Crippen molar-refractivity contribution >= 4 is 23.1 Å². The average molecular weight is 348 g/mol. The number of aromatic nitrogens is 1. The second kappa shape index (κ2) is 6.16. The first kappa shape index (κ1) is 16.9. The number of aliphatic hydroxyl groups is 2. The predicted molar refractivity (Wildman–Crippen MR) is 92.7 cm³/mol. The average Bonchev–Trinajstić information content (AvgIpc) is 2.96. The Morgan fingerprint density at radius 3 is 2.71 bits per heavy atom. The van der Waals surface area contributed by atoms with Gasteiger partial charge in [0.05, 0.1) is 22.3 Å². The van der Waals surface area contributed by atoms with Crippen LogP contribution in [0.3, 0.4) is 0 Å². The van der Waals surface area contributed by atoms with Gasteiger partial charge in [0.2, 0.25) is 0 Å². The minimum absolute atomic E-state index is 0.0979. The van der Waals surface area contributed by atoms with Crippen LogP contribution in [0.2, 0.25) is 0 Å². The number of β-amino-alcohol motifs (C(OH)–C–C–N with tert-alkyl or cyclic N) is 1. The van der Waals surface area contributed by atoms with Crippen LogP contribution in [0.25, 0.3) is 10.6 Å². The number of hydrogen-bond acceptors (Lipinski definition) is 6. The summed E-state index contributed by atoms with van der Waals surface area (Å²) in [5.41, 5.74) is -0.358. The molecule has 0 aromatic carbocycles. The highest BCUT2D eigenvalue weighted by Crippen LogP contribution is 2.32. The molecular weight excluding hydrogens is 328 g/mol. The number of rotatable bonds is 3. The van der Waals surface area contributed by atoms with Gasteiger partial charge in [0.1, 0.15) is 11.4 Å². The number of aryl methyl sites for hydroxylation is 1. The van der Waals surface area contributed by atoms with Gasteiger partial charge in [0.25, 0.3) is 0 Å². The van der Waals surface area contributed by atoms with Crippen LogP contribution in [-0.2, 0) is 0 Å². The molecule has 3 N–H and O–H groups in total. The lowest BCUT2D eigenvalue weighted by atomic mass is 9.90. The van der Waals surface area contributed by atoms with Crippen LogP contribution < -0.4 is 4.90 Å². The lowest BCUT2D eigenvalue weighted by molar-refractivity contribution is -0.0722. The molecule has 3 heterocycles. The third-order valence-corrected chi connectivity index (χ3v) is 5.42. The van der Waals surface area contributed by atoms with E-state index in [2.05, 4.69) is 4.98 Å². The second-order valence-electron chi connectivity index (χ2n) is 6.35. The smallest absolute Gasteiger partial charge is 0.339 e. The summed E-state index contributed by atoms with van der Waals surface area (Å²) in [6.07, 6.45) is -0.612. The van der Waals surface area contributed by atoms with Crippen molar-refractivity contribution in [3.05, 3.63) is 34.7 Å². The van der Waals surface area contributed by atoms with Crippen molar-refractivity contribution in [3.8, 4) is 10.6 Å². The summed E-state index contributed by atoms with van der Waals surface area (Å²) in [5, 5.41) is 29.7. The minimum atomic E-state index is -1.16. The van der Waals surface area contributed by atoms with Crippen LogP contribution in [0, 0.1) is 6.92 Å². The molecule has 7 heteroatoms. The van der Waals surface area contributed by atoms with Crippen molar-refractivity contribution in [2.45, 2.75) is 32.0 Å². The van der Waals surface area contributed by atoms with Crippen LogP contribution in [0.15, 0.2) is 24.3 Å². The number of thiophene rings is 1. The van der Waals surface area contributed by atoms with Crippen molar-refractivity contribution in [2.75, 3.05) is 18.0 Å². The number of carboxylic acids is 1. The van der Waals surface area contributed by atoms with E-state index < -0.39 is 17.7 Å². The maximum absolute atomic E-state index is 11.5. The second-order valence-corrected chi connectivity index (χ2v) is 7.64. The zero-order valence-corrected chi connectivity index (χ0v) is 14.4. The molecule has 1 aliphatic heterocycles. The van der Waals surface area contributed by atoms with Gasteiger partial charge in [-0.25, -0.2) is 9.78 Å². The number of nitrogens with zero attached hydrogens (tertiary/aromatic N) is 2. The molecule has 3 rings (SSSR count). The van der Waals surface area contributed by atoms with Gasteiger partial charge in [0, 0.05) is 18.0 Å². The molecule has 0 radical (unpaired) electrons. The summed E-state index contributed by atoms with van der Waals surface area (Å²) in [4.78, 5) is 19.9. The number of aromatic carboxylic acids is 1. The number of hydrogen-bond donors (Lipinski definition) is 3. The minimum Gasteiger partial charge on any atom is -0.478 e. The highest BCUT2D eigenvalue weighted by molar-refractivity contribution is 7.15. The molecule has 0 spiro atoms. The molecule has 0 saturated carbocycles. The third kappa shape index (κ3) is 3.15. The molecule has 1 fully saturated rings. The maximum atomic E-state index is 11.5. The lowest BCUT2D eigenvalue weighted by Gasteiger charge is -2.40. The Kier molecular flexibility index (Phi) is 4.33. The molecule has 128 valence electrons. The Morgan fingerprint density at radius 1 is 1.38 bits per heavy atom. The molecule has 1 aliphatic rings. The Labute approximate surface area is 144 Å². The van der Waals surface area contributed by atoms with Crippen molar-refractivity contribution in [2.24, 2.45) is 0 Å². The number of piperidine rings is 1. The number of carboxylic acid groups (broad SMARTS) is 1. The summed E-state index contributed by atoms with van der Waals surface area (Å²) in [6.45, 7) is 4.17. The monoisotopic (exact) mass is 348 g/mol. The molecule has 2 aromatic heterocycles. The van der Waals surface area contributed by atoms with Gasteiger partial charge in [-0.3, -0.25) is 0 Å². The first-order valence-corrected chi connectivity index (χ1v) is 8.56. The third-order valence-electron chi connectivity index (χ3n) is 4.40. The van der Waals surface area contributed by atoms with Gasteiger partial charge in [-0.2, -0.15) is 0 Å². The highest BCUT2D eigenvalue weighted by Gasteiger charge is 2.37. The van der Waals surface area contributed by atoms with Crippen LogP contribution in [0.1, 0.15) is 28.6 Å². The number of carbonyl (C=O) groups is 1. The fourth-order valence-corrected chi connectivity index (χ4v) is 3.62. The fraction of sp³-hybridized carbons (Fsp3) is 0.412. The quantitative estimate of drug-likeness (QED) is 0.787. The fourth-order valence-electron chi connectivity index (χ4n) is 2.78. The number of anilines is 1. The predicted octanol–water partition coefficient (Wildman–Crippen LogP) is 2.14. The molecule has 24 heavy (non-hydrogen) atoms. The Morgan fingerprint density at radius 2 is 2.12 bits per heavy atom. The van der Waals surface area contributed by atoms with Gasteiger partial charge in [-0.1, -0.05) is 0 Å². The molecule has 0 unspecified atom stereocenters. The van der Waals surface area contributed by atoms with Crippen LogP contribution in [-0.4, -0.2) is 51.1 Å². The van der Waals surface area contributed by atoms with Crippen LogP contribution in [0.4, 0.5) is 5.82 Å². The van der Waals surface area contributed by atoms with Crippen molar-refractivity contribution in [3.63, 3.8) is 0 Å². The molecule has 0 aliphatic carbocycles. The Balaban J connectivity index is 2.00. The molecule has 0 amide bonds. The van der Waals surface area contributed by atoms with E-state index in [1.165, 1.54) is 0 Å². The molecular formula is C17H20N2O4S. The van der Waals surface area contributed by atoms with Crippen molar-refractivity contribution in [1.82, 2.24) is 4.98 Å². The van der Waals surface area contributed by atoms with E-state index in [1.54, 1.807) is 35.3 Å². The summed E-state index contributed by atoms with van der Waals surface area (Å²) < 4.78 is 0. The van der Waals surface area contributed by atoms with E-state index in [9.17, 15) is 20.1 Å². The van der Waals surface area contributed by atoms with Crippen molar-refractivity contribution in [1.29, 1.82) is 0 Å². The summed E-state index contributed by atoms with van der Waals surface area (Å²) in [7, 11) is 0. The van der Waals surface area contributed by atoms with Crippen molar-refractivity contribution < 1.29 is 20.1 Å². The van der Waals surface area contributed by atoms with E-state index >= 15 is 0 Å². The van der Waals surface area contributed by atoms with E-state index in [4.69, 9.17) is 0 Å². The van der Waals surface area contributed by atoms with Gasteiger partial charge in [-0.05, 0) is 44.5 Å². The highest BCUT2D eigenvalue weighted by atomic mass is 32.1.